The fraction of sp³-hybridized carbons (Fsp3) is 0.786. The van der Waals surface area contributed by atoms with Gasteiger partial charge < -0.3 is 5.11 Å². The Morgan fingerprint density at radius 3 is 1.11 bits per heavy atom. The summed E-state index contributed by atoms with van der Waals surface area (Å²) in [4.78, 5) is 9.83. The maximum absolute atomic E-state index is 13.5. The van der Waals surface area contributed by atoms with Crippen LogP contribution < -0.4 is 5.14 Å². The minimum Gasteiger partial charge on any atom is -0.478 e. The first-order valence-electron chi connectivity index (χ1n) is 8.14. The normalized spacial score (nSPS) is 16.5. The molecule has 0 aliphatic heterocycles. The molecule has 0 rings (SSSR count). The van der Waals surface area contributed by atoms with Crippen LogP contribution in [0.25, 0.3) is 0 Å². The Morgan fingerprint density at radius 1 is 0.694 bits per heavy atom. The summed E-state index contributed by atoms with van der Waals surface area (Å²) in [5.41, 5.74) is 0.264. The molecule has 0 aromatic rings. The predicted octanol–water partition coefficient (Wildman–Crippen LogP) is 5.37. The van der Waals surface area contributed by atoms with E-state index in [0.717, 1.165) is 0 Å². The van der Waals surface area contributed by atoms with Crippen molar-refractivity contribution in [3.05, 3.63) is 12.2 Å². The smallest absolute Gasteiger partial charge is 0.460 e. The second-order valence-electron chi connectivity index (χ2n) is 6.67. The zero-order valence-corrected chi connectivity index (χ0v) is 17.9. The molecule has 0 saturated heterocycles. The number of carboxylic acid groups (broad SMARTS) is 1. The number of carboxylic acids is 1. The van der Waals surface area contributed by atoms with Crippen LogP contribution in [0.15, 0.2) is 12.2 Å². The van der Waals surface area contributed by atoms with Gasteiger partial charge in [-0.05, 0) is 13.3 Å². The fourth-order valence-electron chi connectivity index (χ4n) is 1.58. The third kappa shape index (κ3) is 5.32. The Morgan fingerprint density at radius 2 is 0.944 bits per heavy atom. The summed E-state index contributed by atoms with van der Waals surface area (Å²) in [6.07, 6.45) is -7.27. The van der Waals surface area contributed by atoms with Crippen LogP contribution in [0, 0.1) is 0 Å². The molecule has 0 aromatic heterocycles. The molecule has 0 fully saturated rings. The summed E-state index contributed by atoms with van der Waals surface area (Å²) >= 11 is 0. The van der Waals surface area contributed by atoms with Gasteiger partial charge in [-0.1, -0.05) is 13.5 Å². The van der Waals surface area contributed by atoms with Gasteiger partial charge in [-0.15, -0.1) is 0 Å². The molecule has 216 valence electrons. The molecule has 0 aromatic carbocycles. The largest absolute Gasteiger partial charge is 0.478 e. The highest BCUT2D eigenvalue weighted by Gasteiger charge is 2.95. The highest BCUT2D eigenvalue weighted by Crippen LogP contribution is 2.64. The second kappa shape index (κ2) is 9.71. The topological polar surface area (TPSA) is 97.5 Å². The molecule has 22 heteroatoms. The van der Waals surface area contributed by atoms with Gasteiger partial charge >= 0.3 is 47.7 Å². The Labute approximate surface area is 190 Å². The first-order chi connectivity index (χ1) is 15.2. The van der Waals surface area contributed by atoms with Crippen LogP contribution in [0.3, 0.4) is 0 Å². The maximum Gasteiger partial charge on any atom is 0.460 e. The summed E-state index contributed by atoms with van der Waals surface area (Å²) in [7, 11) is -6.73. The number of alkyl halides is 16. The minimum absolute atomic E-state index is 0.264. The zero-order valence-electron chi connectivity index (χ0n) is 17.1. The van der Waals surface area contributed by atoms with Gasteiger partial charge in [-0.2, -0.15) is 65.9 Å². The molecule has 0 bridgehead atoms. The van der Waals surface area contributed by atoms with Crippen LogP contribution in [0.2, 0.25) is 0 Å². The van der Waals surface area contributed by atoms with Gasteiger partial charge in [0.1, 0.15) is 0 Å². The number of rotatable bonds is 9. The van der Waals surface area contributed by atoms with Crippen LogP contribution in [-0.2, 0) is 14.8 Å². The molecule has 36 heavy (non-hydrogen) atoms. The number of hydrogen-bond donors (Lipinski definition) is 2. The van der Waals surface area contributed by atoms with E-state index in [9.17, 15) is 83.5 Å². The number of sulfonamides is 1. The number of halogens is 16. The van der Waals surface area contributed by atoms with Crippen LogP contribution in [-0.4, -0.2) is 66.2 Å². The molecule has 0 radical (unpaired) electrons. The number of hydrogen-bond acceptors (Lipinski definition) is 3. The van der Waals surface area contributed by atoms with Crippen molar-refractivity contribution in [2.24, 2.45) is 5.14 Å². The average Bonchev–Trinajstić information content (AvgIpc) is 2.64. The fourth-order valence-corrected chi connectivity index (χ4v) is 2.06. The Balaban J connectivity index is 0. The minimum atomic E-state index is -8.65. The monoisotopic (exact) mass is 595 g/mol. The lowest BCUT2D eigenvalue weighted by atomic mass is 9.90. The van der Waals surface area contributed by atoms with E-state index in [2.05, 4.69) is 11.7 Å². The molecule has 0 aliphatic rings. The summed E-state index contributed by atoms with van der Waals surface area (Å²) < 4.78 is 227. The molecule has 0 spiro atoms. The lowest BCUT2D eigenvalue weighted by Crippen LogP contribution is -2.75. The van der Waals surface area contributed by atoms with Crippen LogP contribution in [0.5, 0.6) is 0 Å². The van der Waals surface area contributed by atoms with E-state index in [1.807, 2.05) is 0 Å². The summed E-state index contributed by atoms with van der Waals surface area (Å²) in [5, 5.41) is 5.66. The molecular formula is C14H13F16NO4S. The van der Waals surface area contributed by atoms with E-state index < -0.39 is 69.6 Å². The number of nitrogens with two attached hydrogens (primary N) is 1. The van der Waals surface area contributed by atoms with Crippen molar-refractivity contribution in [2.75, 3.05) is 0 Å². The zero-order chi connectivity index (χ0) is 30.4. The van der Waals surface area contributed by atoms with E-state index in [-0.39, 0.29) is 5.57 Å². The SMILES string of the molecule is C=C(CC)C(=O)O.CC(F)(C(F)(F)C(F)(F)C(F)(F)C(F)(F)C(F)(F)C(F)(F)C(F)(F)F)S(N)(=O)=O. The first-order valence-corrected chi connectivity index (χ1v) is 9.69. The molecule has 3 N–H and O–H groups in total. The van der Waals surface area contributed by atoms with Crippen molar-refractivity contribution in [2.45, 2.75) is 67.0 Å². The van der Waals surface area contributed by atoms with Crippen molar-refractivity contribution in [1.29, 1.82) is 0 Å². The summed E-state index contributed by atoms with van der Waals surface area (Å²) in [6, 6.07) is 0. The quantitative estimate of drug-likeness (QED) is 0.277. The average molecular weight is 595 g/mol. The van der Waals surface area contributed by atoms with E-state index in [1.54, 1.807) is 6.92 Å². The predicted molar refractivity (Wildman–Crippen MR) is 85.4 cm³/mol. The highest BCUT2D eigenvalue weighted by molar-refractivity contribution is 7.90. The van der Waals surface area contributed by atoms with Crippen LogP contribution in [0.4, 0.5) is 70.2 Å². The Kier molecular flexibility index (Phi) is 9.75. The van der Waals surface area contributed by atoms with E-state index >= 15 is 0 Å². The van der Waals surface area contributed by atoms with Gasteiger partial charge in [0.2, 0.25) is 0 Å². The second-order valence-corrected chi connectivity index (χ2v) is 8.52. The number of carbonyl (C=O) groups is 1. The van der Waals surface area contributed by atoms with E-state index in [1.165, 1.54) is 0 Å². The maximum atomic E-state index is 13.5. The van der Waals surface area contributed by atoms with Gasteiger partial charge in [0.05, 0.1) is 0 Å². The summed E-state index contributed by atoms with van der Waals surface area (Å²) in [6.45, 7) is 3.82. The van der Waals surface area contributed by atoms with Crippen molar-refractivity contribution >= 4 is 16.0 Å². The molecule has 0 saturated carbocycles. The lowest BCUT2D eigenvalue weighted by molar-refractivity contribution is -0.455. The van der Waals surface area contributed by atoms with Crippen LogP contribution >= 0.6 is 0 Å². The van der Waals surface area contributed by atoms with Gasteiger partial charge in [0.25, 0.3) is 15.0 Å². The molecule has 1 unspecified atom stereocenters. The number of aliphatic carboxylic acids is 1. The van der Waals surface area contributed by atoms with Crippen molar-refractivity contribution < 1.29 is 88.6 Å². The molecule has 0 aliphatic carbocycles. The van der Waals surface area contributed by atoms with Gasteiger partial charge in [0, 0.05) is 5.57 Å². The standard InChI is InChI=1S/C9H5F16NO2S.C5H8O2/c1-2(10,29(26,27)28)3(11,12)4(13,14)5(15,16)6(17,18)7(19,20)8(21,22)9(23,24)25;1-3-4(2)5(6)7/h1H3,(H2,26,27,28);2-3H2,1H3,(H,6,7). The van der Waals surface area contributed by atoms with E-state index in [0.29, 0.717) is 6.42 Å². The first kappa shape index (κ1) is 36.2. The van der Waals surface area contributed by atoms with Crippen molar-refractivity contribution in [3.63, 3.8) is 0 Å². The molecule has 0 amide bonds. The molecule has 5 nitrogen and oxygen atoms in total. The Hall–Kier alpha value is -2.00. The third-order valence-corrected chi connectivity index (χ3v) is 5.48. The van der Waals surface area contributed by atoms with E-state index in [4.69, 9.17) is 5.11 Å². The number of primary sulfonamides is 1. The van der Waals surface area contributed by atoms with Gasteiger partial charge in [-0.3, -0.25) is 0 Å². The molecular weight excluding hydrogens is 582 g/mol. The Bertz CT molecular complexity index is 939. The highest BCUT2D eigenvalue weighted by atomic mass is 32.2. The molecule has 1 atom stereocenters. The van der Waals surface area contributed by atoms with Crippen molar-refractivity contribution in [1.82, 2.24) is 0 Å². The van der Waals surface area contributed by atoms with Gasteiger partial charge in [-0.25, -0.2) is 22.7 Å². The molecule has 0 heterocycles. The summed E-state index contributed by atoms with van der Waals surface area (Å²) in [5.74, 6) is -50.8. The van der Waals surface area contributed by atoms with Gasteiger partial charge in [0.15, 0.2) is 0 Å². The third-order valence-electron chi connectivity index (χ3n) is 4.15. The lowest BCUT2D eigenvalue weighted by Gasteiger charge is -2.43. The van der Waals surface area contributed by atoms with Crippen molar-refractivity contribution in [3.8, 4) is 0 Å². The van der Waals surface area contributed by atoms with Crippen LogP contribution in [0.1, 0.15) is 20.3 Å².